The average molecular weight is 673 g/mol. The molecular weight excluding hydrogens is 642 g/mol. The molecule has 248 valence electrons. The summed E-state index contributed by atoms with van der Waals surface area (Å²) in [6.45, 7) is -0.404. The Hall–Kier alpha value is -4.67. The number of anilines is 1. The maximum atomic E-state index is 13.4. The van der Waals surface area contributed by atoms with Crippen molar-refractivity contribution in [2.24, 2.45) is 0 Å². The molecular formula is C30H31ClF2N8O6. The minimum Gasteiger partial charge on any atom is -0.434 e. The fourth-order valence-corrected chi connectivity index (χ4v) is 5.63. The molecule has 0 bridgehead atoms. The number of hydrogen-bond donors (Lipinski definition) is 1. The number of carbonyl (C=O) groups excluding carboxylic acids is 3. The summed E-state index contributed by atoms with van der Waals surface area (Å²) in [6, 6.07) is 5.70. The topological polar surface area (TPSA) is 145 Å². The van der Waals surface area contributed by atoms with Gasteiger partial charge in [0, 0.05) is 55.4 Å². The summed E-state index contributed by atoms with van der Waals surface area (Å²) in [5.41, 5.74) is 0.730. The molecule has 3 amide bonds. The lowest BCUT2D eigenvalue weighted by Gasteiger charge is -2.32. The van der Waals surface area contributed by atoms with E-state index in [0.29, 0.717) is 57.9 Å². The summed E-state index contributed by atoms with van der Waals surface area (Å²) in [7, 11) is 0. The van der Waals surface area contributed by atoms with Crippen molar-refractivity contribution in [2.75, 3.05) is 51.3 Å². The van der Waals surface area contributed by atoms with Gasteiger partial charge in [0.2, 0.25) is 11.8 Å². The van der Waals surface area contributed by atoms with Gasteiger partial charge in [0.1, 0.15) is 30.2 Å². The Morgan fingerprint density at radius 2 is 1.85 bits per heavy atom. The molecule has 1 N–H and O–H groups in total. The number of alkyl halides is 2. The molecule has 2 fully saturated rings. The first-order chi connectivity index (χ1) is 22.7. The van der Waals surface area contributed by atoms with E-state index >= 15 is 0 Å². The average Bonchev–Trinajstić information content (AvgIpc) is 3.69. The fraction of sp³-hybridized carbons (Fsp3) is 0.400. The van der Waals surface area contributed by atoms with Gasteiger partial charge < -0.3 is 29.3 Å². The number of nitrogens with one attached hydrogen (secondary N) is 1. The number of benzene rings is 1. The molecule has 0 spiro atoms. The number of fused-ring (bicyclic) bond motifs is 1. The molecule has 0 unspecified atom stereocenters. The van der Waals surface area contributed by atoms with Gasteiger partial charge in [0.25, 0.3) is 5.91 Å². The third-order valence-corrected chi connectivity index (χ3v) is 8.08. The molecule has 0 radical (unpaired) electrons. The molecule has 1 aromatic carbocycles. The Morgan fingerprint density at radius 1 is 1.09 bits per heavy atom. The number of morpholine rings is 1. The van der Waals surface area contributed by atoms with Gasteiger partial charge in [-0.1, -0.05) is 11.6 Å². The number of likely N-dealkylation sites (tertiary alicyclic amines) is 1. The van der Waals surface area contributed by atoms with E-state index in [4.69, 9.17) is 25.8 Å². The second-order valence-corrected chi connectivity index (χ2v) is 11.3. The van der Waals surface area contributed by atoms with Crippen molar-refractivity contribution in [3.63, 3.8) is 0 Å². The van der Waals surface area contributed by atoms with E-state index in [1.807, 2.05) is 0 Å². The highest BCUT2D eigenvalue weighted by molar-refractivity contribution is 6.31. The van der Waals surface area contributed by atoms with Crippen LogP contribution in [0.5, 0.6) is 5.75 Å². The quantitative estimate of drug-likeness (QED) is 0.269. The molecule has 3 aromatic heterocycles. The van der Waals surface area contributed by atoms with Gasteiger partial charge in [0.15, 0.2) is 5.65 Å². The van der Waals surface area contributed by atoms with E-state index in [-0.39, 0.29) is 64.4 Å². The molecule has 4 aromatic rings. The number of halogens is 3. The molecule has 6 rings (SSSR count). The minimum absolute atomic E-state index is 0.0186. The number of amides is 3. The van der Waals surface area contributed by atoms with Crippen molar-refractivity contribution in [2.45, 2.75) is 32.1 Å². The maximum Gasteiger partial charge on any atom is 0.387 e. The van der Waals surface area contributed by atoms with Crippen LogP contribution in [0.2, 0.25) is 5.02 Å². The second kappa shape index (κ2) is 14.4. The second-order valence-electron chi connectivity index (χ2n) is 10.9. The van der Waals surface area contributed by atoms with Gasteiger partial charge in [-0.05, 0) is 37.1 Å². The fourth-order valence-electron chi connectivity index (χ4n) is 5.46. The van der Waals surface area contributed by atoms with Crippen molar-refractivity contribution < 1.29 is 37.4 Å². The first-order valence-electron chi connectivity index (χ1n) is 14.9. The molecule has 0 aliphatic carbocycles. The van der Waals surface area contributed by atoms with Crippen molar-refractivity contribution in [1.82, 2.24) is 34.2 Å². The van der Waals surface area contributed by atoms with E-state index in [0.717, 1.165) is 0 Å². The maximum absolute atomic E-state index is 13.4. The van der Waals surface area contributed by atoms with E-state index in [1.54, 1.807) is 22.1 Å². The zero-order valence-corrected chi connectivity index (χ0v) is 25.8. The number of piperidine rings is 1. The van der Waals surface area contributed by atoms with Gasteiger partial charge in [-0.3, -0.25) is 19.1 Å². The molecule has 2 aliphatic rings. The lowest BCUT2D eigenvalue weighted by Crippen LogP contribution is -2.45. The summed E-state index contributed by atoms with van der Waals surface area (Å²) < 4.78 is 45.2. The number of rotatable bonds is 10. The molecule has 5 heterocycles. The van der Waals surface area contributed by atoms with Crippen LogP contribution in [0, 0.1) is 0 Å². The van der Waals surface area contributed by atoms with Crippen LogP contribution in [0.15, 0.2) is 49.1 Å². The normalized spacial score (nSPS) is 15.7. The number of hydrogen-bond acceptors (Lipinski definition) is 9. The van der Waals surface area contributed by atoms with Crippen molar-refractivity contribution in [3.05, 3.63) is 59.6 Å². The smallest absolute Gasteiger partial charge is 0.387 e. The van der Waals surface area contributed by atoms with Crippen LogP contribution in [-0.2, 0) is 25.6 Å². The number of nitrogens with zero attached hydrogens (tertiary/aromatic N) is 7. The van der Waals surface area contributed by atoms with E-state index in [1.165, 1.54) is 46.0 Å². The molecule has 0 atom stereocenters. The minimum atomic E-state index is -3.13. The van der Waals surface area contributed by atoms with Crippen LogP contribution in [0.25, 0.3) is 16.9 Å². The van der Waals surface area contributed by atoms with E-state index in [2.05, 4.69) is 20.5 Å². The van der Waals surface area contributed by atoms with Crippen LogP contribution in [-0.4, -0.2) is 111 Å². The largest absolute Gasteiger partial charge is 0.434 e. The van der Waals surface area contributed by atoms with E-state index < -0.39 is 12.5 Å². The van der Waals surface area contributed by atoms with Crippen molar-refractivity contribution in [1.29, 1.82) is 0 Å². The summed E-state index contributed by atoms with van der Waals surface area (Å²) in [5.74, 6) is -1.13. The van der Waals surface area contributed by atoms with Crippen molar-refractivity contribution >= 4 is 40.7 Å². The Kier molecular flexibility index (Phi) is 9.89. The van der Waals surface area contributed by atoms with Gasteiger partial charge in [-0.2, -0.15) is 19.0 Å². The number of ether oxygens (including phenoxy) is 3. The highest BCUT2D eigenvalue weighted by Gasteiger charge is 2.27. The third-order valence-electron chi connectivity index (χ3n) is 7.84. The zero-order chi connectivity index (χ0) is 32.9. The SMILES string of the molecule is O=C(Nc1cn(CC(=O)N2CCC(OCC(=O)N3CCOCC3)CC2)nc1-c1cc(Cl)ccc1OC(F)F)c1cnn2cccnc12. The van der Waals surface area contributed by atoms with Gasteiger partial charge in [0.05, 0.1) is 31.2 Å². The Labute approximate surface area is 272 Å². The lowest BCUT2D eigenvalue weighted by atomic mass is 10.1. The highest BCUT2D eigenvalue weighted by Crippen LogP contribution is 2.37. The summed E-state index contributed by atoms with van der Waals surface area (Å²) >= 11 is 6.21. The Balaban J connectivity index is 1.16. The van der Waals surface area contributed by atoms with Crippen LogP contribution in [0.4, 0.5) is 14.5 Å². The van der Waals surface area contributed by atoms with Gasteiger partial charge in [-0.15, -0.1) is 0 Å². The molecule has 2 saturated heterocycles. The number of aromatic nitrogens is 5. The predicted octanol–water partition coefficient (Wildman–Crippen LogP) is 2.97. The summed E-state index contributed by atoms with van der Waals surface area (Å²) in [5, 5.41) is 11.6. The molecule has 2 aliphatic heterocycles. The van der Waals surface area contributed by atoms with Crippen LogP contribution < -0.4 is 10.1 Å². The standard InChI is InChI=1S/C30H31ClF2N8O6/c31-19-2-3-24(47-30(32)33)21(14-19)27-23(36-29(44)22-15-35-41-7-1-6-34-28(22)41)16-40(37-27)17-25(42)38-8-4-20(5-9-38)46-18-26(43)39-10-12-45-13-11-39/h1-3,6-7,14-16,20,30H,4-5,8-13,17-18H2,(H,36,44). The summed E-state index contributed by atoms with van der Waals surface area (Å²) in [6.07, 6.45) is 6.88. The Bertz CT molecular complexity index is 1750. The van der Waals surface area contributed by atoms with E-state index in [9.17, 15) is 23.2 Å². The van der Waals surface area contributed by atoms with Crippen LogP contribution >= 0.6 is 11.6 Å². The monoisotopic (exact) mass is 672 g/mol. The van der Waals surface area contributed by atoms with Crippen molar-refractivity contribution in [3.8, 4) is 17.0 Å². The lowest BCUT2D eigenvalue weighted by molar-refractivity contribution is -0.145. The zero-order valence-electron chi connectivity index (χ0n) is 25.1. The molecule has 14 nitrogen and oxygen atoms in total. The highest BCUT2D eigenvalue weighted by atomic mass is 35.5. The van der Waals surface area contributed by atoms with Crippen LogP contribution in [0.1, 0.15) is 23.2 Å². The first-order valence-corrected chi connectivity index (χ1v) is 15.3. The predicted molar refractivity (Wildman–Crippen MR) is 163 cm³/mol. The molecule has 0 saturated carbocycles. The van der Waals surface area contributed by atoms with Crippen LogP contribution in [0.3, 0.4) is 0 Å². The molecule has 47 heavy (non-hydrogen) atoms. The summed E-state index contributed by atoms with van der Waals surface area (Å²) in [4.78, 5) is 46.7. The molecule has 17 heteroatoms. The Morgan fingerprint density at radius 3 is 2.62 bits per heavy atom. The number of carbonyl (C=O) groups is 3. The third kappa shape index (κ3) is 7.66. The van der Waals surface area contributed by atoms with Gasteiger partial charge >= 0.3 is 6.61 Å². The van der Waals surface area contributed by atoms with Gasteiger partial charge in [-0.25, -0.2) is 9.50 Å². The first kappa shape index (κ1) is 32.3.